The number of carbonyl (C=O) groups is 1. The number of hydrogen-bond donors (Lipinski definition) is 1. The topological polar surface area (TPSA) is 66.5 Å². The molecule has 0 aliphatic carbocycles. The van der Waals surface area contributed by atoms with E-state index in [9.17, 15) is 30.8 Å². The molecule has 2 aromatic rings. The van der Waals surface area contributed by atoms with Crippen molar-refractivity contribution >= 4 is 15.9 Å². The van der Waals surface area contributed by atoms with Crippen molar-refractivity contribution in [3.05, 3.63) is 65.5 Å². The fraction of sp³-hybridized carbons (Fsp3) is 0.381. The maximum absolute atomic E-state index is 13.1. The molecule has 0 saturated carbocycles. The first kappa shape index (κ1) is 23.2. The summed E-state index contributed by atoms with van der Waals surface area (Å²) in [5, 5.41) is 2.72. The van der Waals surface area contributed by atoms with E-state index in [0.29, 0.717) is 5.56 Å². The van der Waals surface area contributed by atoms with Crippen LogP contribution >= 0.6 is 0 Å². The molecule has 10 heteroatoms. The molecule has 3 rings (SSSR count). The standard InChI is InChI=1S/C21H22F4N2O3S/c1-14(16-3-2-4-17(13-16)21(23,24)25)26-20(28)15-9-11-27(12-10-15)31(29,30)19-7-5-18(22)6-8-19/h2-8,13-15H,9-12H2,1H3,(H,26,28)/t14-/m0/s1. The SMILES string of the molecule is C[C@H](NC(=O)C1CCN(S(=O)(=O)c2ccc(F)cc2)CC1)c1cccc(C(F)(F)F)c1. The van der Waals surface area contributed by atoms with Gasteiger partial charge in [0.1, 0.15) is 5.82 Å². The van der Waals surface area contributed by atoms with Crippen LogP contribution < -0.4 is 5.32 Å². The Labute approximate surface area is 178 Å². The Hall–Kier alpha value is -2.46. The average Bonchev–Trinajstić information content (AvgIpc) is 2.73. The van der Waals surface area contributed by atoms with E-state index >= 15 is 0 Å². The van der Waals surface area contributed by atoms with E-state index < -0.39 is 39.5 Å². The third-order valence-corrected chi connectivity index (χ3v) is 7.26. The normalized spacial score (nSPS) is 17.3. The van der Waals surface area contributed by atoms with Crippen LogP contribution in [0, 0.1) is 11.7 Å². The van der Waals surface area contributed by atoms with Crippen LogP contribution in [0.2, 0.25) is 0 Å². The van der Waals surface area contributed by atoms with Crippen LogP contribution in [0.3, 0.4) is 0 Å². The molecule has 168 valence electrons. The molecule has 1 aliphatic rings. The largest absolute Gasteiger partial charge is 0.416 e. The van der Waals surface area contributed by atoms with Crippen LogP contribution in [0.4, 0.5) is 17.6 Å². The molecule has 0 radical (unpaired) electrons. The molecule has 1 amide bonds. The molecule has 1 aliphatic heterocycles. The van der Waals surface area contributed by atoms with E-state index in [-0.39, 0.29) is 36.7 Å². The maximum Gasteiger partial charge on any atom is 0.416 e. The number of amides is 1. The summed E-state index contributed by atoms with van der Waals surface area (Å²) in [6, 6.07) is 8.68. The van der Waals surface area contributed by atoms with Gasteiger partial charge in [-0.05, 0) is 61.7 Å². The monoisotopic (exact) mass is 458 g/mol. The Morgan fingerprint density at radius 3 is 2.29 bits per heavy atom. The molecule has 0 bridgehead atoms. The van der Waals surface area contributed by atoms with Crippen LogP contribution in [0.5, 0.6) is 0 Å². The minimum absolute atomic E-state index is 0.0185. The number of nitrogens with one attached hydrogen (secondary N) is 1. The summed E-state index contributed by atoms with van der Waals surface area (Å²) < 4.78 is 78.3. The highest BCUT2D eigenvalue weighted by Crippen LogP contribution is 2.31. The quantitative estimate of drug-likeness (QED) is 0.686. The Morgan fingerprint density at radius 2 is 1.71 bits per heavy atom. The van der Waals surface area contributed by atoms with E-state index in [2.05, 4.69) is 5.32 Å². The molecule has 2 aromatic carbocycles. The minimum Gasteiger partial charge on any atom is -0.349 e. The van der Waals surface area contributed by atoms with Gasteiger partial charge in [0.2, 0.25) is 15.9 Å². The fourth-order valence-electron chi connectivity index (χ4n) is 3.51. The first-order chi connectivity index (χ1) is 14.5. The lowest BCUT2D eigenvalue weighted by molar-refractivity contribution is -0.137. The molecule has 1 atom stereocenters. The zero-order chi connectivity index (χ0) is 22.8. The van der Waals surface area contributed by atoms with Gasteiger partial charge in [0.25, 0.3) is 0 Å². The summed E-state index contributed by atoms with van der Waals surface area (Å²) in [6.45, 7) is 1.84. The summed E-state index contributed by atoms with van der Waals surface area (Å²) >= 11 is 0. The summed E-state index contributed by atoms with van der Waals surface area (Å²) in [5.41, 5.74) is -0.454. The van der Waals surface area contributed by atoms with Gasteiger partial charge in [0.15, 0.2) is 0 Å². The zero-order valence-electron chi connectivity index (χ0n) is 16.7. The molecule has 1 N–H and O–H groups in total. The molecular formula is C21H22F4N2O3S. The van der Waals surface area contributed by atoms with Gasteiger partial charge in [-0.15, -0.1) is 0 Å². The molecule has 1 fully saturated rings. The lowest BCUT2D eigenvalue weighted by Crippen LogP contribution is -2.43. The van der Waals surface area contributed by atoms with Crippen LogP contribution in [0.15, 0.2) is 53.4 Å². The van der Waals surface area contributed by atoms with Crippen molar-refractivity contribution in [3.8, 4) is 0 Å². The van der Waals surface area contributed by atoms with E-state index in [1.54, 1.807) is 6.92 Å². The highest BCUT2D eigenvalue weighted by atomic mass is 32.2. The van der Waals surface area contributed by atoms with Crippen LogP contribution in [-0.2, 0) is 21.0 Å². The second kappa shape index (κ2) is 8.96. The van der Waals surface area contributed by atoms with Gasteiger partial charge in [-0.1, -0.05) is 12.1 Å². The zero-order valence-corrected chi connectivity index (χ0v) is 17.5. The number of hydrogen-bond acceptors (Lipinski definition) is 3. The van der Waals surface area contributed by atoms with Crippen molar-refractivity contribution in [1.82, 2.24) is 9.62 Å². The van der Waals surface area contributed by atoms with Gasteiger partial charge in [-0.2, -0.15) is 17.5 Å². The van der Waals surface area contributed by atoms with Gasteiger partial charge in [-0.3, -0.25) is 4.79 Å². The highest BCUT2D eigenvalue weighted by Gasteiger charge is 2.33. The number of rotatable bonds is 5. The summed E-state index contributed by atoms with van der Waals surface area (Å²) in [6.07, 6.45) is -3.91. The second-order valence-electron chi connectivity index (χ2n) is 7.49. The lowest BCUT2D eigenvalue weighted by atomic mass is 9.96. The maximum atomic E-state index is 13.1. The minimum atomic E-state index is -4.47. The van der Waals surface area contributed by atoms with Gasteiger partial charge in [0.05, 0.1) is 16.5 Å². The van der Waals surface area contributed by atoms with Crippen molar-refractivity contribution in [2.45, 2.75) is 36.9 Å². The van der Waals surface area contributed by atoms with E-state index in [1.165, 1.54) is 28.6 Å². The molecule has 5 nitrogen and oxygen atoms in total. The summed E-state index contributed by atoms with van der Waals surface area (Å²) in [4.78, 5) is 12.6. The number of nitrogens with zero attached hydrogens (tertiary/aromatic N) is 1. The Balaban J connectivity index is 1.60. The predicted molar refractivity (Wildman–Crippen MR) is 106 cm³/mol. The van der Waals surface area contributed by atoms with Crippen molar-refractivity contribution in [2.75, 3.05) is 13.1 Å². The van der Waals surface area contributed by atoms with Crippen molar-refractivity contribution in [1.29, 1.82) is 0 Å². The molecule has 1 heterocycles. The molecule has 0 spiro atoms. The molecular weight excluding hydrogens is 436 g/mol. The third kappa shape index (κ3) is 5.43. The fourth-order valence-corrected chi connectivity index (χ4v) is 4.98. The van der Waals surface area contributed by atoms with E-state index in [1.807, 2.05) is 0 Å². The van der Waals surface area contributed by atoms with Crippen LogP contribution in [0.1, 0.15) is 36.9 Å². The van der Waals surface area contributed by atoms with Crippen molar-refractivity contribution in [2.24, 2.45) is 5.92 Å². The summed E-state index contributed by atoms with van der Waals surface area (Å²) in [7, 11) is -3.78. The number of piperidine rings is 1. The third-order valence-electron chi connectivity index (χ3n) is 5.35. The molecule has 31 heavy (non-hydrogen) atoms. The van der Waals surface area contributed by atoms with Crippen LogP contribution in [-0.4, -0.2) is 31.7 Å². The smallest absolute Gasteiger partial charge is 0.349 e. The van der Waals surface area contributed by atoms with Gasteiger partial charge < -0.3 is 5.32 Å². The predicted octanol–water partition coefficient (Wildman–Crippen LogP) is 4.12. The number of halogens is 4. The molecule has 1 saturated heterocycles. The van der Waals surface area contributed by atoms with Crippen molar-refractivity contribution < 1.29 is 30.8 Å². The van der Waals surface area contributed by atoms with E-state index in [0.717, 1.165) is 24.3 Å². The first-order valence-electron chi connectivity index (χ1n) is 9.72. The number of benzene rings is 2. The lowest BCUT2D eigenvalue weighted by Gasteiger charge is -2.31. The Bertz CT molecular complexity index is 1030. The van der Waals surface area contributed by atoms with Gasteiger partial charge in [0, 0.05) is 19.0 Å². The molecule has 0 aromatic heterocycles. The second-order valence-corrected chi connectivity index (χ2v) is 9.42. The molecule has 0 unspecified atom stereocenters. The average molecular weight is 458 g/mol. The number of sulfonamides is 1. The number of carbonyl (C=O) groups excluding carboxylic acids is 1. The van der Waals surface area contributed by atoms with Crippen molar-refractivity contribution in [3.63, 3.8) is 0 Å². The summed E-state index contributed by atoms with van der Waals surface area (Å²) in [5.74, 6) is -1.32. The first-order valence-corrected chi connectivity index (χ1v) is 11.2. The van der Waals surface area contributed by atoms with E-state index in [4.69, 9.17) is 0 Å². The Kier molecular flexibility index (Phi) is 6.70. The highest BCUT2D eigenvalue weighted by molar-refractivity contribution is 7.89. The van der Waals surface area contributed by atoms with Gasteiger partial charge >= 0.3 is 6.18 Å². The Morgan fingerprint density at radius 1 is 1.10 bits per heavy atom. The van der Waals surface area contributed by atoms with Gasteiger partial charge in [-0.25, -0.2) is 12.8 Å². The van der Waals surface area contributed by atoms with Crippen LogP contribution in [0.25, 0.3) is 0 Å². The number of alkyl halides is 3.